The summed E-state index contributed by atoms with van der Waals surface area (Å²) in [4.78, 5) is 12.0. The Kier molecular flexibility index (Phi) is 5.98. The molecule has 112 valence electrons. The molecule has 0 saturated heterocycles. The third-order valence-electron chi connectivity index (χ3n) is 2.94. The second kappa shape index (κ2) is 7.06. The largest absolute Gasteiger partial charge is 0.380 e. The summed E-state index contributed by atoms with van der Waals surface area (Å²) in [6, 6.07) is 4.30. The van der Waals surface area contributed by atoms with Crippen LogP contribution in [0.1, 0.15) is 29.8 Å². The highest BCUT2D eigenvalue weighted by Gasteiger charge is 2.17. The fraction of sp³-hybridized carbons (Fsp3) is 0.462. The molecule has 0 fully saturated rings. The van der Waals surface area contributed by atoms with Crippen molar-refractivity contribution in [1.29, 1.82) is 0 Å². The van der Waals surface area contributed by atoms with Gasteiger partial charge >= 0.3 is 0 Å². The van der Waals surface area contributed by atoms with Crippen molar-refractivity contribution in [3.8, 4) is 0 Å². The number of carbonyl (C=O) groups is 1. The molecule has 0 aliphatic rings. The first kappa shape index (κ1) is 16.9. The monoisotopic (exact) mass is 319 g/mol. The lowest BCUT2D eigenvalue weighted by Crippen LogP contribution is -2.32. The molecule has 0 aromatic heterocycles. The number of halogens is 1. The SMILES string of the molecule is CCc1ccc(S(=O)(=O)Cl)cc1C(=O)NCC(C)OC. The van der Waals surface area contributed by atoms with Gasteiger partial charge in [0.1, 0.15) is 0 Å². The Bertz CT molecular complexity index is 586. The van der Waals surface area contributed by atoms with Gasteiger partial charge in [-0.05, 0) is 31.0 Å². The third kappa shape index (κ3) is 4.47. The number of hydrogen-bond acceptors (Lipinski definition) is 4. The van der Waals surface area contributed by atoms with Crippen LogP contribution in [0.2, 0.25) is 0 Å². The minimum atomic E-state index is -3.85. The molecule has 5 nitrogen and oxygen atoms in total. The zero-order valence-corrected chi connectivity index (χ0v) is 13.2. The van der Waals surface area contributed by atoms with Gasteiger partial charge in [-0.3, -0.25) is 4.79 Å². The molecule has 0 aliphatic heterocycles. The van der Waals surface area contributed by atoms with Gasteiger partial charge in [-0.25, -0.2) is 8.42 Å². The maximum absolute atomic E-state index is 12.1. The van der Waals surface area contributed by atoms with Crippen LogP contribution in [0.5, 0.6) is 0 Å². The van der Waals surface area contributed by atoms with Crippen LogP contribution in [0.4, 0.5) is 0 Å². The van der Waals surface area contributed by atoms with Crippen LogP contribution < -0.4 is 5.32 Å². The second-order valence-corrected chi connectivity index (χ2v) is 6.93. The minimum Gasteiger partial charge on any atom is -0.380 e. The summed E-state index contributed by atoms with van der Waals surface area (Å²) >= 11 is 0. The minimum absolute atomic E-state index is 0.0821. The number of hydrogen-bond donors (Lipinski definition) is 1. The number of rotatable bonds is 6. The molecule has 1 amide bonds. The molecule has 7 heteroatoms. The Labute approximate surface area is 123 Å². The molecule has 0 spiro atoms. The zero-order valence-electron chi connectivity index (χ0n) is 11.6. The number of carbonyl (C=O) groups excluding carboxylic acids is 1. The van der Waals surface area contributed by atoms with Crippen LogP contribution in [0.25, 0.3) is 0 Å². The van der Waals surface area contributed by atoms with Crippen LogP contribution in [0, 0.1) is 0 Å². The standard InChI is InChI=1S/C13H18ClNO4S/c1-4-10-5-6-11(20(14,17)18)7-12(10)13(16)15-8-9(2)19-3/h5-7,9H,4,8H2,1-3H3,(H,15,16). The first-order valence-corrected chi connectivity index (χ1v) is 8.49. The quantitative estimate of drug-likeness (QED) is 0.813. The summed E-state index contributed by atoms with van der Waals surface area (Å²) in [6.45, 7) is 4.05. The zero-order chi connectivity index (χ0) is 15.3. The van der Waals surface area contributed by atoms with Crippen molar-refractivity contribution >= 4 is 25.6 Å². The summed E-state index contributed by atoms with van der Waals surface area (Å²) in [5.41, 5.74) is 1.08. The van der Waals surface area contributed by atoms with E-state index >= 15 is 0 Å². The number of aryl methyl sites for hydroxylation is 1. The first-order valence-electron chi connectivity index (χ1n) is 6.18. The van der Waals surface area contributed by atoms with Gasteiger partial charge in [-0.1, -0.05) is 13.0 Å². The van der Waals surface area contributed by atoms with Crippen LogP contribution in [0.15, 0.2) is 23.1 Å². The van der Waals surface area contributed by atoms with Gasteiger partial charge in [0.05, 0.1) is 11.0 Å². The van der Waals surface area contributed by atoms with Crippen molar-refractivity contribution in [2.45, 2.75) is 31.3 Å². The highest BCUT2D eigenvalue weighted by Crippen LogP contribution is 2.20. The smallest absolute Gasteiger partial charge is 0.261 e. The lowest BCUT2D eigenvalue weighted by atomic mass is 10.0. The van der Waals surface area contributed by atoms with E-state index in [-0.39, 0.29) is 16.9 Å². The number of nitrogens with one attached hydrogen (secondary N) is 1. The van der Waals surface area contributed by atoms with Gasteiger partial charge in [-0.2, -0.15) is 0 Å². The first-order chi connectivity index (χ1) is 9.29. The molecule has 20 heavy (non-hydrogen) atoms. The number of benzene rings is 1. The number of ether oxygens (including phenoxy) is 1. The summed E-state index contributed by atoms with van der Waals surface area (Å²) < 4.78 is 27.7. The van der Waals surface area contributed by atoms with Crippen molar-refractivity contribution in [3.05, 3.63) is 29.3 Å². The molecular weight excluding hydrogens is 302 g/mol. The van der Waals surface area contributed by atoms with Gasteiger partial charge in [-0.15, -0.1) is 0 Å². The maximum atomic E-state index is 12.1. The maximum Gasteiger partial charge on any atom is 0.261 e. The molecule has 1 aromatic carbocycles. The molecule has 1 unspecified atom stereocenters. The van der Waals surface area contributed by atoms with E-state index in [0.717, 1.165) is 5.56 Å². The average Bonchev–Trinajstić information content (AvgIpc) is 2.42. The van der Waals surface area contributed by atoms with Gasteiger partial charge in [0.15, 0.2) is 0 Å². The Morgan fingerprint density at radius 3 is 2.60 bits per heavy atom. The van der Waals surface area contributed by atoms with E-state index in [1.165, 1.54) is 12.1 Å². The third-order valence-corrected chi connectivity index (χ3v) is 4.29. The Morgan fingerprint density at radius 1 is 1.45 bits per heavy atom. The molecule has 1 atom stereocenters. The lowest BCUT2D eigenvalue weighted by molar-refractivity contribution is 0.0869. The molecule has 0 radical (unpaired) electrons. The topological polar surface area (TPSA) is 72.5 Å². The fourth-order valence-corrected chi connectivity index (χ4v) is 2.42. The normalized spacial score (nSPS) is 13.0. The van der Waals surface area contributed by atoms with Crippen molar-refractivity contribution in [3.63, 3.8) is 0 Å². The van der Waals surface area contributed by atoms with Gasteiger partial charge in [0.25, 0.3) is 15.0 Å². The fourth-order valence-electron chi connectivity index (χ4n) is 1.64. The summed E-state index contributed by atoms with van der Waals surface area (Å²) in [5, 5.41) is 2.70. The van der Waals surface area contributed by atoms with E-state index < -0.39 is 9.05 Å². The van der Waals surface area contributed by atoms with Crippen LogP contribution in [0.3, 0.4) is 0 Å². The Balaban J connectivity index is 3.05. The molecule has 0 saturated carbocycles. The van der Waals surface area contributed by atoms with E-state index in [4.69, 9.17) is 15.4 Å². The predicted octanol–water partition coefficient (Wildman–Crippen LogP) is 1.94. The highest BCUT2D eigenvalue weighted by molar-refractivity contribution is 8.13. The predicted molar refractivity (Wildman–Crippen MR) is 77.7 cm³/mol. The molecule has 1 rings (SSSR count). The van der Waals surface area contributed by atoms with Crippen LogP contribution in [-0.2, 0) is 20.2 Å². The lowest BCUT2D eigenvalue weighted by Gasteiger charge is -2.13. The number of methoxy groups -OCH3 is 1. The van der Waals surface area contributed by atoms with Gasteiger partial charge < -0.3 is 10.1 Å². The van der Waals surface area contributed by atoms with Crippen molar-refractivity contribution in [2.75, 3.05) is 13.7 Å². The van der Waals surface area contributed by atoms with Gasteiger partial charge in [0, 0.05) is 29.9 Å². The average molecular weight is 320 g/mol. The molecule has 1 aromatic rings. The van der Waals surface area contributed by atoms with E-state index in [2.05, 4.69) is 5.32 Å². The number of amides is 1. The summed E-state index contributed by atoms with van der Waals surface area (Å²) in [5.74, 6) is -0.340. The van der Waals surface area contributed by atoms with E-state index in [1.54, 1.807) is 13.2 Å². The molecule has 0 heterocycles. The van der Waals surface area contributed by atoms with E-state index in [0.29, 0.717) is 18.5 Å². The van der Waals surface area contributed by atoms with Crippen molar-refractivity contribution < 1.29 is 17.9 Å². The second-order valence-electron chi connectivity index (χ2n) is 4.37. The molecular formula is C13H18ClNO4S. The molecule has 0 aliphatic carbocycles. The Morgan fingerprint density at radius 2 is 2.10 bits per heavy atom. The highest BCUT2D eigenvalue weighted by atomic mass is 35.7. The summed E-state index contributed by atoms with van der Waals surface area (Å²) in [6.07, 6.45) is 0.495. The molecule has 1 N–H and O–H groups in total. The van der Waals surface area contributed by atoms with Gasteiger partial charge in [0.2, 0.25) is 0 Å². The van der Waals surface area contributed by atoms with Crippen LogP contribution in [-0.4, -0.2) is 34.1 Å². The Hall–Kier alpha value is -1.11. The summed E-state index contributed by atoms with van der Waals surface area (Å²) in [7, 11) is 3.00. The van der Waals surface area contributed by atoms with Crippen LogP contribution >= 0.6 is 10.7 Å². The van der Waals surface area contributed by atoms with Crippen molar-refractivity contribution in [1.82, 2.24) is 5.32 Å². The molecule has 0 bridgehead atoms. The van der Waals surface area contributed by atoms with Crippen molar-refractivity contribution in [2.24, 2.45) is 0 Å². The van der Waals surface area contributed by atoms with E-state index in [9.17, 15) is 13.2 Å². The van der Waals surface area contributed by atoms with E-state index in [1.807, 2.05) is 13.8 Å².